The number of piperazine rings is 1. The topological polar surface area (TPSA) is 49.4 Å². The van der Waals surface area contributed by atoms with Crippen LogP contribution in [-0.2, 0) is 9.59 Å². The molecule has 0 radical (unpaired) electrons. The van der Waals surface area contributed by atoms with Crippen molar-refractivity contribution in [2.45, 2.75) is 37.6 Å². The van der Waals surface area contributed by atoms with Crippen LogP contribution in [0, 0.1) is 5.82 Å². The van der Waals surface area contributed by atoms with Gasteiger partial charge in [-0.05, 0) is 31.0 Å². The fourth-order valence-electron chi connectivity index (χ4n) is 3.19. The number of anilines is 1. The van der Waals surface area contributed by atoms with E-state index in [4.69, 9.17) is 11.6 Å². The standard InChI is InChI=1S/C15H16ClFN2O2/c16-11-8-10(4-5-12(11)17)19-9-13(20)18-15(14(19)21)6-2-1-3-7-15/h4-5,8H,1-3,6-7,9H2,(H,18,20). The first-order valence-corrected chi connectivity index (χ1v) is 7.48. The van der Waals surface area contributed by atoms with Crippen molar-refractivity contribution in [2.24, 2.45) is 0 Å². The van der Waals surface area contributed by atoms with Crippen molar-refractivity contribution in [1.29, 1.82) is 0 Å². The molecule has 1 N–H and O–H groups in total. The third-order valence-corrected chi connectivity index (χ3v) is 4.55. The van der Waals surface area contributed by atoms with E-state index >= 15 is 0 Å². The van der Waals surface area contributed by atoms with Gasteiger partial charge in [0.25, 0.3) is 5.91 Å². The van der Waals surface area contributed by atoms with Crippen LogP contribution in [0.5, 0.6) is 0 Å². The van der Waals surface area contributed by atoms with Gasteiger partial charge in [-0.2, -0.15) is 0 Å². The molecule has 3 rings (SSSR count). The number of hydrogen-bond acceptors (Lipinski definition) is 2. The van der Waals surface area contributed by atoms with Gasteiger partial charge in [0.2, 0.25) is 5.91 Å². The molecule has 2 amide bonds. The quantitative estimate of drug-likeness (QED) is 0.867. The maximum Gasteiger partial charge on any atom is 0.253 e. The molecule has 1 heterocycles. The summed E-state index contributed by atoms with van der Waals surface area (Å²) in [5.74, 6) is -0.844. The van der Waals surface area contributed by atoms with E-state index in [1.165, 1.54) is 23.1 Å². The van der Waals surface area contributed by atoms with Gasteiger partial charge in [0.1, 0.15) is 17.9 Å². The smallest absolute Gasteiger partial charge is 0.253 e. The molecule has 0 atom stereocenters. The van der Waals surface area contributed by atoms with Gasteiger partial charge in [-0.3, -0.25) is 9.59 Å². The highest BCUT2D eigenvalue weighted by atomic mass is 35.5. The van der Waals surface area contributed by atoms with Gasteiger partial charge < -0.3 is 10.2 Å². The molecule has 1 saturated heterocycles. The van der Waals surface area contributed by atoms with Crippen LogP contribution in [0.15, 0.2) is 18.2 Å². The van der Waals surface area contributed by atoms with Crippen LogP contribution in [0.3, 0.4) is 0 Å². The molecule has 1 aliphatic carbocycles. The Hall–Kier alpha value is -1.62. The van der Waals surface area contributed by atoms with Crippen LogP contribution < -0.4 is 10.2 Å². The van der Waals surface area contributed by atoms with E-state index < -0.39 is 11.4 Å². The zero-order valence-electron chi connectivity index (χ0n) is 11.5. The van der Waals surface area contributed by atoms with Crippen molar-refractivity contribution in [3.8, 4) is 0 Å². The predicted octanol–water partition coefficient (Wildman–Crippen LogP) is 2.64. The Kier molecular flexibility index (Phi) is 3.61. The Bertz CT molecular complexity index is 599. The average Bonchev–Trinajstić information content (AvgIpc) is 2.47. The summed E-state index contributed by atoms with van der Waals surface area (Å²) < 4.78 is 13.3. The van der Waals surface area contributed by atoms with Crippen molar-refractivity contribution in [3.63, 3.8) is 0 Å². The van der Waals surface area contributed by atoms with Gasteiger partial charge in [-0.15, -0.1) is 0 Å². The van der Waals surface area contributed by atoms with Crippen LogP contribution in [0.1, 0.15) is 32.1 Å². The van der Waals surface area contributed by atoms with Gasteiger partial charge in [-0.25, -0.2) is 4.39 Å². The zero-order chi connectivity index (χ0) is 15.0. The fourth-order valence-corrected chi connectivity index (χ4v) is 3.36. The lowest BCUT2D eigenvalue weighted by molar-refractivity contribution is -0.137. The molecule has 0 bridgehead atoms. The first-order valence-electron chi connectivity index (χ1n) is 7.10. The normalized spacial score (nSPS) is 21.5. The Morgan fingerprint density at radius 3 is 2.57 bits per heavy atom. The molecule has 6 heteroatoms. The highest BCUT2D eigenvalue weighted by Crippen LogP contribution is 2.34. The Balaban J connectivity index is 1.95. The number of halogens is 2. The summed E-state index contributed by atoms with van der Waals surface area (Å²) in [6, 6.07) is 4.09. The predicted molar refractivity (Wildman–Crippen MR) is 77.7 cm³/mol. The minimum Gasteiger partial charge on any atom is -0.340 e. The minimum atomic E-state index is -0.797. The fraction of sp³-hybridized carbons (Fsp3) is 0.467. The monoisotopic (exact) mass is 310 g/mol. The molecule has 0 aromatic heterocycles. The van der Waals surface area contributed by atoms with Gasteiger partial charge >= 0.3 is 0 Å². The molecule has 1 spiro atoms. The maximum absolute atomic E-state index is 13.3. The van der Waals surface area contributed by atoms with E-state index in [2.05, 4.69) is 5.32 Å². The average molecular weight is 311 g/mol. The summed E-state index contributed by atoms with van der Waals surface area (Å²) in [4.78, 5) is 26.2. The summed E-state index contributed by atoms with van der Waals surface area (Å²) >= 11 is 5.78. The summed E-state index contributed by atoms with van der Waals surface area (Å²) in [5.41, 5.74) is -0.333. The van der Waals surface area contributed by atoms with Gasteiger partial charge in [0.05, 0.1) is 5.02 Å². The maximum atomic E-state index is 13.3. The number of nitrogens with zero attached hydrogens (tertiary/aromatic N) is 1. The van der Waals surface area contributed by atoms with Crippen molar-refractivity contribution < 1.29 is 14.0 Å². The third-order valence-electron chi connectivity index (χ3n) is 4.26. The van der Waals surface area contributed by atoms with Crippen molar-refractivity contribution in [1.82, 2.24) is 5.32 Å². The van der Waals surface area contributed by atoms with Crippen LogP contribution in [0.25, 0.3) is 0 Å². The highest BCUT2D eigenvalue weighted by molar-refractivity contribution is 6.31. The summed E-state index contributed by atoms with van der Waals surface area (Å²) in [6.45, 7) is -0.0530. The molecule has 1 aromatic rings. The Morgan fingerprint density at radius 2 is 1.90 bits per heavy atom. The minimum absolute atomic E-state index is 0.0519. The van der Waals surface area contributed by atoms with Crippen molar-refractivity contribution >= 4 is 29.1 Å². The van der Waals surface area contributed by atoms with Gasteiger partial charge in [0, 0.05) is 5.69 Å². The lowest BCUT2D eigenvalue weighted by Crippen LogP contribution is -2.67. The van der Waals surface area contributed by atoms with E-state index in [0.717, 1.165) is 19.3 Å². The zero-order valence-corrected chi connectivity index (χ0v) is 12.3. The molecular formula is C15H16ClFN2O2. The van der Waals surface area contributed by atoms with Crippen LogP contribution >= 0.6 is 11.6 Å². The number of rotatable bonds is 1. The molecule has 1 aliphatic heterocycles. The second-order valence-electron chi connectivity index (χ2n) is 5.68. The molecule has 1 saturated carbocycles. The first kappa shape index (κ1) is 14.3. The first-order chi connectivity index (χ1) is 10.0. The second kappa shape index (κ2) is 5.30. The van der Waals surface area contributed by atoms with E-state index in [1.807, 2.05) is 0 Å². The summed E-state index contributed by atoms with van der Waals surface area (Å²) in [7, 11) is 0. The van der Waals surface area contributed by atoms with Crippen molar-refractivity contribution in [2.75, 3.05) is 11.4 Å². The van der Waals surface area contributed by atoms with Gasteiger partial charge in [0.15, 0.2) is 0 Å². The van der Waals surface area contributed by atoms with Crippen LogP contribution in [0.4, 0.5) is 10.1 Å². The number of carbonyl (C=O) groups is 2. The molecule has 1 aromatic carbocycles. The number of carbonyl (C=O) groups excluding carboxylic acids is 2. The number of amides is 2. The Labute approximate surface area is 127 Å². The summed E-state index contributed by atoms with van der Waals surface area (Å²) in [6.07, 6.45) is 4.23. The molecule has 2 aliphatic rings. The second-order valence-corrected chi connectivity index (χ2v) is 6.09. The van der Waals surface area contributed by atoms with Gasteiger partial charge in [-0.1, -0.05) is 30.9 Å². The largest absolute Gasteiger partial charge is 0.340 e. The molecule has 2 fully saturated rings. The SMILES string of the molecule is O=C1CN(c2ccc(F)c(Cl)c2)C(=O)C2(CCCCC2)N1. The lowest BCUT2D eigenvalue weighted by atomic mass is 9.79. The van der Waals surface area contributed by atoms with E-state index in [0.29, 0.717) is 18.5 Å². The number of nitrogens with one attached hydrogen (secondary N) is 1. The molecular weight excluding hydrogens is 295 g/mol. The Morgan fingerprint density at radius 1 is 1.19 bits per heavy atom. The molecule has 4 nitrogen and oxygen atoms in total. The van der Waals surface area contributed by atoms with Crippen molar-refractivity contribution in [3.05, 3.63) is 29.0 Å². The lowest BCUT2D eigenvalue weighted by Gasteiger charge is -2.44. The highest BCUT2D eigenvalue weighted by Gasteiger charge is 2.47. The third kappa shape index (κ3) is 2.50. The van der Waals surface area contributed by atoms with E-state index in [-0.39, 0.29) is 23.4 Å². The number of benzene rings is 1. The van der Waals surface area contributed by atoms with E-state index in [1.54, 1.807) is 0 Å². The molecule has 112 valence electrons. The summed E-state index contributed by atoms with van der Waals surface area (Å²) in [5, 5.41) is 2.82. The van der Waals surface area contributed by atoms with E-state index in [9.17, 15) is 14.0 Å². The number of hydrogen-bond donors (Lipinski definition) is 1. The molecule has 0 unspecified atom stereocenters. The van der Waals surface area contributed by atoms with Crippen LogP contribution in [0.2, 0.25) is 5.02 Å². The van der Waals surface area contributed by atoms with Crippen LogP contribution in [-0.4, -0.2) is 23.9 Å². The molecule has 21 heavy (non-hydrogen) atoms.